The normalized spacial score (nSPS) is 11.2. The average molecular weight is 326 g/mol. The highest BCUT2D eigenvalue weighted by atomic mass is 79.9. The predicted molar refractivity (Wildman–Crippen MR) is 58.9 cm³/mol. The molecule has 0 aliphatic heterocycles. The molecule has 0 radical (unpaired) electrons. The van der Waals surface area contributed by atoms with Crippen molar-refractivity contribution in [2.24, 2.45) is 0 Å². The average Bonchev–Trinajstić information content (AvgIpc) is 2.19. The van der Waals surface area contributed by atoms with Gasteiger partial charge < -0.3 is 9.29 Å². The minimum atomic E-state index is -4.45. The number of hydrogen-bond donors (Lipinski definition) is 0. The fourth-order valence-corrected chi connectivity index (χ4v) is 1.62. The van der Waals surface area contributed by atoms with Crippen molar-refractivity contribution in [1.29, 1.82) is 0 Å². The van der Waals surface area contributed by atoms with E-state index >= 15 is 0 Å². The molecule has 0 aromatic heterocycles. The minimum absolute atomic E-state index is 0.331. The number of carbonyl (C=O) groups is 1. The molecule has 17 heavy (non-hydrogen) atoms. The van der Waals surface area contributed by atoms with Crippen LogP contribution >= 0.6 is 15.9 Å². The molecule has 0 bridgehead atoms. The van der Waals surface area contributed by atoms with Crippen LogP contribution in [0, 0.1) is 5.82 Å². The molecule has 0 aliphatic carbocycles. The molecular formula is C9H7BrFO5S-. The topological polar surface area (TPSA) is 83.5 Å². The van der Waals surface area contributed by atoms with Crippen LogP contribution in [0.1, 0.15) is 10.4 Å². The van der Waals surface area contributed by atoms with Gasteiger partial charge in [-0.2, -0.15) is 0 Å². The molecule has 0 fully saturated rings. The second-order valence-electron chi connectivity index (χ2n) is 3.02. The summed E-state index contributed by atoms with van der Waals surface area (Å²) >= 11 is 3.04. The van der Waals surface area contributed by atoms with Crippen LogP contribution in [0.4, 0.5) is 4.39 Å². The molecule has 1 rings (SSSR count). The molecule has 0 aliphatic rings. The summed E-state index contributed by atoms with van der Waals surface area (Å²) in [5, 5.41) is 0. The number of rotatable bonds is 4. The number of esters is 1. The Morgan fingerprint density at radius 1 is 1.47 bits per heavy atom. The Bertz CT molecular complexity index is 528. The number of hydrogen-bond acceptors (Lipinski definition) is 5. The zero-order valence-electron chi connectivity index (χ0n) is 8.35. The molecule has 0 saturated carbocycles. The van der Waals surface area contributed by atoms with E-state index in [1.54, 1.807) is 0 Å². The van der Waals surface area contributed by atoms with E-state index in [0.717, 1.165) is 6.07 Å². The number of halogens is 2. The van der Waals surface area contributed by atoms with Crippen molar-refractivity contribution < 1.29 is 26.9 Å². The molecule has 94 valence electrons. The maximum atomic E-state index is 13.2. The van der Waals surface area contributed by atoms with E-state index in [2.05, 4.69) is 20.7 Å². The fraction of sp³-hybridized carbons (Fsp3) is 0.222. The van der Waals surface area contributed by atoms with Crippen LogP contribution in [-0.2, 0) is 14.9 Å². The molecule has 0 saturated heterocycles. The van der Waals surface area contributed by atoms with Gasteiger partial charge in [-0.15, -0.1) is 0 Å². The lowest BCUT2D eigenvalue weighted by Gasteiger charge is -2.08. The van der Waals surface area contributed by atoms with E-state index in [-0.39, 0.29) is 5.56 Å². The second-order valence-corrected chi connectivity index (χ2v) is 5.46. The van der Waals surface area contributed by atoms with Crippen molar-refractivity contribution in [3.63, 3.8) is 0 Å². The molecule has 0 heterocycles. The third-order valence-corrected chi connectivity index (χ3v) is 2.87. The third-order valence-electron chi connectivity index (χ3n) is 1.71. The van der Waals surface area contributed by atoms with E-state index in [0.29, 0.717) is 4.47 Å². The Morgan fingerprint density at radius 2 is 2.12 bits per heavy atom. The van der Waals surface area contributed by atoms with Gasteiger partial charge in [-0.3, -0.25) is 0 Å². The van der Waals surface area contributed by atoms with Gasteiger partial charge in [0, 0.05) is 4.47 Å². The molecular weight excluding hydrogens is 319 g/mol. The first-order valence-corrected chi connectivity index (χ1v) is 6.72. The molecule has 8 heteroatoms. The first-order valence-electron chi connectivity index (χ1n) is 4.35. The molecule has 0 spiro atoms. The highest BCUT2D eigenvalue weighted by molar-refractivity contribution is 9.10. The summed E-state index contributed by atoms with van der Waals surface area (Å²) in [6.07, 6.45) is 0. The summed E-state index contributed by atoms with van der Waals surface area (Å²) < 4.78 is 48.8. The highest BCUT2D eigenvalue weighted by Gasteiger charge is 2.13. The molecule has 0 unspecified atom stereocenters. The Morgan fingerprint density at radius 3 is 2.71 bits per heavy atom. The Kier molecular flexibility index (Phi) is 4.61. The minimum Gasteiger partial charge on any atom is -0.748 e. The van der Waals surface area contributed by atoms with Crippen LogP contribution < -0.4 is 0 Å². The molecule has 1 aromatic carbocycles. The first kappa shape index (κ1) is 14.1. The van der Waals surface area contributed by atoms with Crippen LogP contribution in [0.15, 0.2) is 22.7 Å². The fourth-order valence-electron chi connectivity index (χ4n) is 0.968. The maximum absolute atomic E-state index is 13.2. The highest BCUT2D eigenvalue weighted by Crippen LogP contribution is 2.16. The Balaban J connectivity index is 2.67. The summed E-state index contributed by atoms with van der Waals surface area (Å²) in [6, 6.07) is 3.66. The van der Waals surface area contributed by atoms with E-state index in [9.17, 15) is 22.2 Å². The van der Waals surface area contributed by atoms with Gasteiger partial charge in [0.15, 0.2) is 0 Å². The largest absolute Gasteiger partial charge is 0.748 e. The van der Waals surface area contributed by atoms with Gasteiger partial charge in [0.2, 0.25) is 0 Å². The summed E-state index contributed by atoms with van der Waals surface area (Å²) in [7, 11) is -4.45. The summed E-state index contributed by atoms with van der Waals surface area (Å²) in [4.78, 5) is 11.3. The SMILES string of the molecule is O=C(OCCS(=O)(=O)[O-])c1cc(Br)ccc1F. The standard InChI is InChI=1S/C9H8BrFO5S/c10-6-1-2-8(11)7(5-6)9(12)16-3-4-17(13,14)15/h1-2,5H,3-4H2,(H,13,14,15)/p-1. The maximum Gasteiger partial charge on any atom is 0.341 e. The number of benzene rings is 1. The van der Waals surface area contributed by atoms with Crippen LogP contribution in [-0.4, -0.2) is 31.3 Å². The zero-order chi connectivity index (χ0) is 13.1. The lowest BCUT2D eigenvalue weighted by atomic mass is 10.2. The zero-order valence-corrected chi connectivity index (χ0v) is 10.8. The summed E-state index contributed by atoms with van der Waals surface area (Å²) in [6.45, 7) is -0.601. The van der Waals surface area contributed by atoms with Crippen molar-refractivity contribution in [2.75, 3.05) is 12.4 Å². The Labute approximate surface area is 105 Å². The molecule has 0 amide bonds. The van der Waals surface area contributed by atoms with Crippen LogP contribution in [0.3, 0.4) is 0 Å². The van der Waals surface area contributed by atoms with Crippen LogP contribution in [0.25, 0.3) is 0 Å². The van der Waals surface area contributed by atoms with E-state index in [1.807, 2.05) is 0 Å². The molecule has 5 nitrogen and oxygen atoms in total. The van der Waals surface area contributed by atoms with Crippen molar-refractivity contribution in [3.8, 4) is 0 Å². The first-order chi connectivity index (χ1) is 7.79. The molecule has 1 aromatic rings. The van der Waals surface area contributed by atoms with Crippen molar-refractivity contribution in [1.82, 2.24) is 0 Å². The third kappa shape index (κ3) is 4.80. The number of ether oxygens (including phenoxy) is 1. The van der Waals surface area contributed by atoms with Gasteiger partial charge in [0.05, 0.1) is 21.4 Å². The lowest BCUT2D eigenvalue weighted by molar-refractivity contribution is 0.0523. The van der Waals surface area contributed by atoms with Crippen LogP contribution in [0.2, 0.25) is 0 Å². The quantitative estimate of drug-likeness (QED) is 0.615. The number of carbonyl (C=O) groups excluding carboxylic acids is 1. The van der Waals surface area contributed by atoms with Crippen LogP contribution in [0.5, 0.6) is 0 Å². The van der Waals surface area contributed by atoms with Gasteiger partial charge >= 0.3 is 5.97 Å². The molecule has 0 atom stereocenters. The molecule has 0 N–H and O–H groups in total. The lowest BCUT2D eigenvalue weighted by Crippen LogP contribution is -2.15. The Hall–Kier alpha value is -0.990. The van der Waals surface area contributed by atoms with Gasteiger partial charge in [-0.05, 0) is 18.2 Å². The summed E-state index contributed by atoms with van der Waals surface area (Å²) in [5.74, 6) is -2.65. The van der Waals surface area contributed by atoms with Gasteiger partial charge in [0.1, 0.15) is 12.4 Å². The van der Waals surface area contributed by atoms with Crippen molar-refractivity contribution in [2.45, 2.75) is 0 Å². The predicted octanol–water partition coefficient (Wildman–Crippen LogP) is 1.29. The van der Waals surface area contributed by atoms with Gasteiger partial charge in [0.25, 0.3) is 0 Å². The monoisotopic (exact) mass is 325 g/mol. The summed E-state index contributed by atoms with van der Waals surface area (Å²) in [5.41, 5.74) is -0.331. The second kappa shape index (κ2) is 5.56. The van der Waals surface area contributed by atoms with E-state index in [1.165, 1.54) is 12.1 Å². The van der Waals surface area contributed by atoms with Crippen molar-refractivity contribution in [3.05, 3.63) is 34.1 Å². The van der Waals surface area contributed by atoms with E-state index < -0.39 is 34.3 Å². The van der Waals surface area contributed by atoms with Gasteiger partial charge in [-0.25, -0.2) is 17.6 Å². The smallest absolute Gasteiger partial charge is 0.341 e. The van der Waals surface area contributed by atoms with E-state index in [4.69, 9.17) is 0 Å². The van der Waals surface area contributed by atoms with Crippen molar-refractivity contribution >= 4 is 32.0 Å². The van der Waals surface area contributed by atoms with Gasteiger partial charge in [-0.1, -0.05) is 15.9 Å².